The van der Waals surface area contributed by atoms with Gasteiger partial charge in [-0.15, -0.1) is 0 Å². The largest absolute Gasteiger partial charge is 0.494 e. The fourth-order valence-electron chi connectivity index (χ4n) is 2.89. The molecule has 1 N–H and O–H groups in total. The van der Waals surface area contributed by atoms with Crippen LogP contribution in [0.5, 0.6) is 5.88 Å². The van der Waals surface area contributed by atoms with Gasteiger partial charge < -0.3 is 5.11 Å². The maximum absolute atomic E-state index is 13.3. The second kappa shape index (κ2) is 7.99. The third-order valence-corrected chi connectivity index (χ3v) is 4.28. The van der Waals surface area contributed by atoms with Crippen molar-refractivity contribution in [3.63, 3.8) is 0 Å². The van der Waals surface area contributed by atoms with E-state index < -0.39 is 22.9 Å². The zero-order chi connectivity index (χ0) is 19.4. The lowest BCUT2D eigenvalue weighted by atomic mass is 10.1. The van der Waals surface area contributed by atoms with Crippen molar-refractivity contribution in [3.05, 3.63) is 98.2 Å². The van der Waals surface area contributed by atoms with Gasteiger partial charge in [0.1, 0.15) is 11.6 Å². The molecule has 0 atom stereocenters. The third-order valence-electron chi connectivity index (χ3n) is 4.28. The van der Waals surface area contributed by atoms with Crippen LogP contribution in [0.15, 0.2) is 64.2 Å². The summed E-state index contributed by atoms with van der Waals surface area (Å²) in [7, 11) is 0. The number of rotatable bonds is 6. The predicted octanol–water partition coefficient (Wildman–Crippen LogP) is 2.48. The topological polar surface area (TPSA) is 64.2 Å². The van der Waals surface area contributed by atoms with E-state index >= 15 is 0 Å². The van der Waals surface area contributed by atoms with Gasteiger partial charge in [-0.3, -0.25) is 13.9 Å². The zero-order valence-corrected chi connectivity index (χ0v) is 14.4. The average Bonchev–Trinajstić information content (AvgIpc) is 2.61. The summed E-state index contributed by atoms with van der Waals surface area (Å²) in [6, 6.07) is 12.8. The minimum atomic E-state index is -0.659. The number of aryl methyl sites for hydroxylation is 2. The molecule has 3 rings (SSSR count). The minimum absolute atomic E-state index is 0.0569. The number of nitrogens with zero attached hydrogens (tertiary/aromatic N) is 2. The van der Waals surface area contributed by atoms with Gasteiger partial charge in [0, 0.05) is 13.1 Å². The molecule has 7 heteroatoms. The number of halogens is 2. The number of aromatic nitrogens is 2. The fourth-order valence-corrected chi connectivity index (χ4v) is 2.89. The molecule has 0 aliphatic heterocycles. The molecule has 5 nitrogen and oxygen atoms in total. The number of benzene rings is 2. The number of aromatic hydroxyl groups is 1. The average molecular weight is 372 g/mol. The summed E-state index contributed by atoms with van der Waals surface area (Å²) in [5.41, 5.74) is 0.0308. The van der Waals surface area contributed by atoms with Crippen molar-refractivity contribution in [3.8, 4) is 5.88 Å². The summed E-state index contributed by atoms with van der Waals surface area (Å²) < 4.78 is 28.6. The lowest BCUT2D eigenvalue weighted by Gasteiger charge is -2.12. The summed E-state index contributed by atoms with van der Waals surface area (Å²) in [5.74, 6) is -1.22. The highest BCUT2D eigenvalue weighted by Gasteiger charge is 2.11. The van der Waals surface area contributed by atoms with Crippen LogP contribution < -0.4 is 11.2 Å². The summed E-state index contributed by atoms with van der Waals surface area (Å²) in [5, 5.41) is 9.98. The van der Waals surface area contributed by atoms with E-state index in [9.17, 15) is 23.5 Å². The van der Waals surface area contributed by atoms with Crippen LogP contribution in [0.4, 0.5) is 8.78 Å². The van der Waals surface area contributed by atoms with Gasteiger partial charge in [0.25, 0.3) is 5.56 Å². The first-order chi connectivity index (χ1) is 12.9. The Morgan fingerprint density at radius 2 is 1.30 bits per heavy atom. The molecule has 0 bridgehead atoms. The highest BCUT2D eigenvalue weighted by Crippen LogP contribution is 2.09. The predicted molar refractivity (Wildman–Crippen MR) is 96.8 cm³/mol. The highest BCUT2D eigenvalue weighted by molar-refractivity contribution is 5.18. The minimum Gasteiger partial charge on any atom is -0.494 e. The first-order valence-electron chi connectivity index (χ1n) is 8.46. The van der Waals surface area contributed by atoms with Gasteiger partial charge in [0.05, 0.1) is 6.07 Å². The molecular formula is C20H18F2N2O3. The molecular weight excluding hydrogens is 354 g/mol. The number of hydrogen-bond donors (Lipinski definition) is 1. The van der Waals surface area contributed by atoms with E-state index in [1.54, 1.807) is 24.3 Å². The lowest BCUT2D eigenvalue weighted by Crippen LogP contribution is -2.40. The van der Waals surface area contributed by atoms with Crippen molar-refractivity contribution < 1.29 is 13.9 Å². The summed E-state index contributed by atoms with van der Waals surface area (Å²) >= 11 is 0. The Balaban J connectivity index is 1.82. The molecule has 0 amide bonds. The summed E-state index contributed by atoms with van der Waals surface area (Å²) in [4.78, 5) is 24.7. The van der Waals surface area contributed by atoms with Crippen LogP contribution >= 0.6 is 0 Å². The van der Waals surface area contributed by atoms with E-state index in [0.717, 1.165) is 15.2 Å². The van der Waals surface area contributed by atoms with Crippen molar-refractivity contribution in [1.82, 2.24) is 9.13 Å². The molecule has 0 spiro atoms. The Kier molecular flexibility index (Phi) is 5.49. The SMILES string of the molecule is O=c1cc(O)n(CCc2cccc(F)c2)c(=O)n1CCc1cccc(F)c1. The molecule has 27 heavy (non-hydrogen) atoms. The maximum Gasteiger partial charge on any atom is 0.333 e. The van der Waals surface area contributed by atoms with Crippen LogP contribution in [0.2, 0.25) is 0 Å². The summed E-state index contributed by atoms with van der Waals surface area (Å²) in [6.07, 6.45) is 0.606. The Labute approximate surface area is 153 Å². The monoisotopic (exact) mass is 372 g/mol. The highest BCUT2D eigenvalue weighted by atomic mass is 19.1. The lowest BCUT2D eigenvalue weighted by molar-refractivity contribution is 0.388. The van der Waals surface area contributed by atoms with Crippen molar-refractivity contribution in [2.75, 3.05) is 0 Å². The Bertz CT molecular complexity index is 1070. The van der Waals surface area contributed by atoms with Crippen molar-refractivity contribution >= 4 is 0 Å². The number of hydrogen-bond acceptors (Lipinski definition) is 3. The molecule has 1 heterocycles. The first-order valence-corrected chi connectivity index (χ1v) is 8.46. The summed E-state index contributed by atoms with van der Waals surface area (Å²) in [6.45, 7) is 0.149. The zero-order valence-electron chi connectivity index (χ0n) is 14.4. The van der Waals surface area contributed by atoms with Gasteiger partial charge in [-0.25, -0.2) is 13.6 Å². The Morgan fingerprint density at radius 3 is 1.81 bits per heavy atom. The van der Waals surface area contributed by atoms with E-state index in [-0.39, 0.29) is 18.9 Å². The molecule has 0 saturated heterocycles. The van der Waals surface area contributed by atoms with Gasteiger partial charge in [0.2, 0.25) is 5.88 Å². The Hall–Kier alpha value is -3.22. The van der Waals surface area contributed by atoms with Crippen molar-refractivity contribution in [2.45, 2.75) is 25.9 Å². The van der Waals surface area contributed by atoms with Gasteiger partial charge in [-0.05, 0) is 48.2 Å². The van der Waals surface area contributed by atoms with E-state index in [0.29, 0.717) is 24.0 Å². The van der Waals surface area contributed by atoms with E-state index in [2.05, 4.69) is 0 Å². The molecule has 140 valence electrons. The van der Waals surface area contributed by atoms with Crippen LogP contribution in [-0.4, -0.2) is 14.2 Å². The molecule has 1 aromatic heterocycles. The van der Waals surface area contributed by atoms with E-state index in [1.807, 2.05) is 0 Å². The Morgan fingerprint density at radius 1 is 0.778 bits per heavy atom. The molecule has 0 saturated carbocycles. The molecule has 0 aliphatic rings. The van der Waals surface area contributed by atoms with Gasteiger partial charge >= 0.3 is 5.69 Å². The molecule has 3 aromatic rings. The fraction of sp³-hybridized carbons (Fsp3) is 0.200. The first kappa shape index (κ1) is 18.6. The second-order valence-electron chi connectivity index (χ2n) is 6.19. The van der Waals surface area contributed by atoms with Crippen LogP contribution in [0.1, 0.15) is 11.1 Å². The van der Waals surface area contributed by atoms with Gasteiger partial charge in [-0.1, -0.05) is 24.3 Å². The molecule has 0 radical (unpaired) electrons. The smallest absolute Gasteiger partial charge is 0.333 e. The molecule has 0 aliphatic carbocycles. The molecule has 2 aromatic carbocycles. The standard InChI is InChI=1S/C20H18F2N2O3/c21-16-5-1-3-14(11-16)7-9-23-18(25)13-19(26)24(20(23)27)10-8-15-4-2-6-17(22)12-15/h1-6,11-13,25H,7-10H2. The van der Waals surface area contributed by atoms with Gasteiger partial charge in [-0.2, -0.15) is 0 Å². The van der Waals surface area contributed by atoms with Crippen LogP contribution in [0.3, 0.4) is 0 Å². The van der Waals surface area contributed by atoms with Gasteiger partial charge in [0.15, 0.2) is 0 Å². The normalized spacial score (nSPS) is 10.9. The third kappa shape index (κ3) is 4.49. The second-order valence-corrected chi connectivity index (χ2v) is 6.19. The van der Waals surface area contributed by atoms with E-state index in [4.69, 9.17) is 0 Å². The molecule has 0 fully saturated rings. The molecule has 0 unspecified atom stereocenters. The maximum atomic E-state index is 13.3. The van der Waals surface area contributed by atoms with Crippen LogP contribution in [0, 0.1) is 11.6 Å². The van der Waals surface area contributed by atoms with Crippen LogP contribution in [-0.2, 0) is 25.9 Å². The quantitative estimate of drug-likeness (QED) is 0.723. The van der Waals surface area contributed by atoms with Crippen molar-refractivity contribution in [1.29, 1.82) is 0 Å². The van der Waals surface area contributed by atoms with Crippen LogP contribution in [0.25, 0.3) is 0 Å². The van der Waals surface area contributed by atoms with E-state index in [1.165, 1.54) is 24.3 Å². The van der Waals surface area contributed by atoms with Crippen molar-refractivity contribution in [2.24, 2.45) is 0 Å².